The molecule has 2 saturated heterocycles. The van der Waals surface area contributed by atoms with Gasteiger partial charge in [0, 0.05) is 25.3 Å². The van der Waals surface area contributed by atoms with E-state index in [1.54, 1.807) is 18.2 Å². The van der Waals surface area contributed by atoms with E-state index in [4.69, 9.17) is 4.42 Å². The Hall–Kier alpha value is -2.36. The highest BCUT2D eigenvalue weighted by Gasteiger charge is 2.39. The van der Waals surface area contributed by atoms with Crippen LogP contribution in [0.25, 0.3) is 0 Å². The monoisotopic (exact) mass is 446 g/mol. The van der Waals surface area contributed by atoms with E-state index in [2.05, 4.69) is 29.4 Å². The Morgan fingerprint density at radius 3 is 2.48 bits per heavy atom. The Labute approximate surface area is 183 Å². The van der Waals surface area contributed by atoms with Crippen LogP contribution in [0.5, 0.6) is 0 Å². The molecule has 2 aromatic rings. The normalized spacial score (nSPS) is 22.1. The first-order chi connectivity index (χ1) is 14.8. The van der Waals surface area contributed by atoms with Crippen LogP contribution in [0.15, 0.2) is 45.9 Å². The number of furan rings is 1. The Morgan fingerprint density at radius 2 is 1.81 bits per heavy atom. The van der Waals surface area contributed by atoms with E-state index < -0.39 is 16.1 Å². The second kappa shape index (κ2) is 9.02. The van der Waals surface area contributed by atoms with Crippen molar-refractivity contribution in [1.82, 2.24) is 15.8 Å². The molecule has 2 unspecified atom stereocenters. The molecule has 0 bridgehead atoms. The number of hydrogen-bond acceptors (Lipinski definition) is 6. The van der Waals surface area contributed by atoms with Crippen molar-refractivity contribution in [2.24, 2.45) is 5.92 Å². The second-order valence-corrected chi connectivity index (χ2v) is 10.1. The van der Waals surface area contributed by atoms with E-state index in [0.717, 1.165) is 37.9 Å². The van der Waals surface area contributed by atoms with Gasteiger partial charge >= 0.3 is 0 Å². The zero-order valence-electron chi connectivity index (χ0n) is 17.9. The van der Waals surface area contributed by atoms with E-state index in [1.807, 2.05) is 17.0 Å². The number of hydrazine groups is 1. The third kappa shape index (κ3) is 4.78. The van der Waals surface area contributed by atoms with Gasteiger partial charge in [-0.15, -0.1) is 0 Å². The first kappa shape index (κ1) is 21.9. The lowest BCUT2D eigenvalue weighted by Crippen LogP contribution is -2.42. The maximum absolute atomic E-state index is 13.0. The van der Waals surface area contributed by atoms with Crippen LogP contribution >= 0.6 is 0 Å². The van der Waals surface area contributed by atoms with Gasteiger partial charge in [0.25, 0.3) is 10.0 Å². The smallest absolute Gasteiger partial charge is 0.295 e. The lowest BCUT2D eigenvalue weighted by Gasteiger charge is -2.30. The fourth-order valence-electron chi connectivity index (χ4n) is 4.13. The Morgan fingerprint density at radius 1 is 1.10 bits per heavy atom. The maximum atomic E-state index is 13.0. The number of rotatable bonds is 6. The van der Waals surface area contributed by atoms with E-state index in [1.165, 1.54) is 6.07 Å². The molecule has 31 heavy (non-hydrogen) atoms. The van der Waals surface area contributed by atoms with Crippen LogP contribution in [0.2, 0.25) is 0 Å². The molecule has 3 heterocycles. The molecular formula is C22H30N4O4S. The maximum Gasteiger partial charge on any atom is 0.295 e. The number of carbonyl (C=O) groups is 1. The molecule has 0 aliphatic carbocycles. The van der Waals surface area contributed by atoms with E-state index in [0.29, 0.717) is 23.9 Å². The molecule has 2 aliphatic heterocycles. The summed E-state index contributed by atoms with van der Waals surface area (Å²) in [5.41, 5.74) is 7.69. The largest absolute Gasteiger partial charge is 0.446 e. The summed E-state index contributed by atoms with van der Waals surface area (Å²) in [4.78, 5) is 14.9. The lowest BCUT2D eigenvalue weighted by molar-refractivity contribution is -0.136. The number of sulfonamides is 1. The Kier molecular flexibility index (Phi) is 6.36. The first-order valence-electron chi connectivity index (χ1n) is 10.8. The number of anilines is 1. The molecule has 4 rings (SSSR count). The average molecular weight is 447 g/mol. The van der Waals surface area contributed by atoms with Crippen molar-refractivity contribution in [3.63, 3.8) is 0 Å². The fourth-order valence-corrected chi connectivity index (χ4v) is 5.13. The molecule has 1 amide bonds. The van der Waals surface area contributed by atoms with Crippen LogP contribution < -0.4 is 15.6 Å². The Balaban J connectivity index is 1.48. The van der Waals surface area contributed by atoms with Gasteiger partial charge in [-0.3, -0.25) is 14.9 Å². The molecule has 9 heteroatoms. The highest BCUT2D eigenvalue weighted by atomic mass is 32.2. The molecule has 8 nitrogen and oxygen atoms in total. The number of amides is 1. The van der Waals surface area contributed by atoms with Gasteiger partial charge in [-0.05, 0) is 55.0 Å². The van der Waals surface area contributed by atoms with Crippen molar-refractivity contribution in [2.75, 3.05) is 24.4 Å². The topological polar surface area (TPSA) is 104 Å². The summed E-state index contributed by atoms with van der Waals surface area (Å²) in [6, 6.07) is 9.94. The number of carbonyl (C=O) groups excluding carboxylic acids is 1. The number of piperidine rings is 1. The summed E-state index contributed by atoms with van der Waals surface area (Å²) in [6.45, 7) is 6.19. The van der Waals surface area contributed by atoms with Gasteiger partial charge in [0.2, 0.25) is 11.0 Å². The van der Waals surface area contributed by atoms with Gasteiger partial charge in [-0.1, -0.05) is 26.0 Å². The molecule has 0 saturated carbocycles. The predicted molar refractivity (Wildman–Crippen MR) is 118 cm³/mol. The highest BCUT2D eigenvalue weighted by Crippen LogP contribution is 2.30. The molecule has 0 radical (unpaired) electrons. The minimum Gasteiger partial charge on any atom is -0.446 e. The second-order valence-electron chi connectivity index (χ2n) is 8.53. The van der Waals surface area contributed by atoms with Gasteiger partial charge in [0.15, 0.2) is 0 Å². The minimum atomic E-state index is -3.87. The van der Waals surface area contributed by atoms with Crippen LogP contribution in [0, 0.1) is 5.92 Å². The van der Waals surface area contributed by atoms with Crippen LogP contribution in [0.4, 0.5) is 5.69 Å². The quantitative estimate of drug-likeness (QED) is 0.630. The predicted octanol–water partition coefficient (Wildman–Crippen LogP) is 2.98. The van der Waals surface area contributed by atoms with Crippen LogP contribution in [-0.2, 0) is 14.8 Å². The van der Waals surface area contributed by atoms with Gasteiger partial charge in [-0.2, -0.15) is 8.42 Å². The van der Waals surface area contributed by atoms with Gasteiger partial charge in [0.05, 0.1) is 12.0 Å². The number of benzene rings is 1. The van der Waals surface area contributed by atoms with Crippen molar-refractivity contribution in [1.29, 1.82) is 0 Å². The van der Waals surface area contributed by atoms with Crippen molar-refractivity contribution in [3.05, 3.63) is 47.7 Å². The van der Waals surface area contributed by atoms with E-state index in [-0.39, 0.29) is 16.9 Å². The molecule has 2 aliphatic rings. The third-order valence-corrected chi connectivity index (χ3v) is 7.22. The van der Waals surface area contributed by atoms with Gasteiger partial charge in [0.1, 0.15) is 5.76 Å². The highest BCUT2D eigenvalue weighted by molar-refractivity contribution is 7.92. The molecule has 3 N–H and O–H groups in total. The lowest BCUT2D eigenvalue weighted by atomic mass is 9.97. The van der Waals surface area contributed by atoms with E-state index in [9.17, 15) is 13.2 Å². The van der Waals surface area contributed by atoms with Crippen molar-refractivity contribution in [3.8, 4) is 0 Å². The van der Waals surface area contributed by atoms with Crippen molar-refractivity contribution in [2.45, 2.75) is 50.2 Å². The standard InChI is InChI=1S/C22H30N4O4S/c1-15(2)16-6-8-17(9-7-16)25-31(28,29)20-11-10-19(30-20)21-18(14-23-24-21)22(27)26-12-4-3-5-13-26/h6-11,15,18,21,23-25H,3-5,12-14H2,1-2H3. The molecule has 2 atom stereocenters. The number of nitrogens with zero attached hydrogens (tertiary/aromatic N) is 1. The van der Waals surface area contributed by atoms with Crippen LogP contribution in [-0.4, -0.2) is 38.9 Å². The summed E-state index contributed by atoms with van der Waals surface area (Å²) in [5.74, 6) is 0.532. The summed E-state index contributed by atoms with van der Waals surface area (Å²) < 4.78 is 33.9. The number of hydrogen-bond donors (Lipinski definition) is 3. The SMILES string of the molecule is CC(C)c1ccc(NS(=O)(=O)c2ccc(C3NNCC3C(=O)N3CCCCC3)o2)cc1. The van der Waals surface area contributed by atoms with Gasteiger partial charge < -0.3 is 9.32 Å². The number of nitrogens with one attached hydrogen (secondary N) is 3. The number of likely N-dealkylation sites (tertiary alicyclic amines) is 1. The molecule has 1 aromatic heterocycles. The summed E-state index contributed by atoms with van der Waals surface area (Å²) in [5, 5.41) is -0.173. The molecule has 1 aromatic carbocycles. The summed E-state index contributed by atoms with van der Waals surface area (Å²) >= 11 is 0. The average Bonchev–Trinajstić information content (AvgIpc) is 3.44. The Bertz CT molecular complexity index is 1010. The first-order valence-corrected chi connectivity index (χ1v) is 12.3. The fraction of sp³-hybridized carbons (Fsp3) is 0.500. The van der Waals surface area contributed by atoms with Crippen LogP contribution in [0.1, 0.15) is 56.4 Å². The van der Waals surface area contributed by atoms with Crippen LogP contribution in [0.3, 0.4) is 0 Å². The summed E-state index contributed by atoms with van der Waals surface area (Å²) in [7, 11) is -3.87. The zero-order chi connectivity index (χ0) is 22.0. The molecule has 2 fully saturated rings. The summed E-state index contributed by atoms with van der Waals surface area (Å²) in [6.07, 6.45) is 3.20. The molecular weight excluding hydrogens is 416 g/mol. The van der Waals surface area contributed by atoms with Crippen molar-refractivity contribution >= 4 is 21.6 Å². The third-order valence-electron chi connectivity index (χ3n) is 5.97. The van der Waals surface area contributed by atoms with E-state index >= 15 is 0 Å². The molecule has 168 valence electrons. The minimum absolute atomic E-state index is 0.0753. The van der Waals surface area contributed by atoms with Gasteiger partial charge in [-0.25, -0.2) is 5.43 Å². The molecule has 0 spiro atoms. The zero-order valence-corrected chi connectivity index (χ0v) is 18.7. The van der Waals surface area contributed by atoms with Crippen molar-refractivity contribution < 1.29 is 17.6 Å².